The van der Waals surface area contributed by atoms with Crippen molar-refractivity contribution in [1.82, 2.24) is 0 Å². The fourth-order valence-corrected chi connectivity index (χ4v) is 4.64. The third-order valence-electron chi connectivity index (χ3n) is 4.60. The highest BCUT2D eigenvalue weighted by Gasteiger charge is 2.18. The average Bonchev–Trinajstić information content (AvgIpc) is 3.25. The summed E-state index contributed by atoms with van der Waals surface area (Å²) in [5, 5.41) is 7.43. The van der Waals surface area contributed by atoms with Crippen LogP contribution in [0.3, 0.4) is 0 Å². The molecular weight excluding hydrogens is 320 g/mol. The van der Waals surface area contributed by atoms with Gasteiger partial charge in [-0.2, -0.15) is 0 Å². The van der Waals surface area contributed by atoms with Crippen molar-refractivity contribution in [1.29, 1.82) is 0 Å². The number of rotatable bonds is 6. The summed E-state index contributed by atoms with van der Waals surface area (Å²) in [5.74, 6) is 0. The van der Waals surface area contributed by atoms with E-state index < -0.39 is 0 Å². The third-order valence-corrected chi connectivity index (χ3v) is 6.12. The molecule has 0 saturated carbocycles. The van der Waals surface area contributed by atoms with E-state index in [1.54, 1.807) is 0 Å². The number of nitrogens with one attached hydrogen (secondary N) is 2. The van der Waals surface area contributed by atoms with Crippen LogP contribution >= 0.6 is 23.5 Å². The van der Waals surface area contributed by atoms with E-state index in [0.29, 0.717) is 0 Å². The number of hydrogen-bond donors (Lipinski definition) is 2. The van der Waals surface area contributed by atoms with Crippen LogP contribution < -0.4 is 10.6 Å². The molecule has 0 unspecified atom stereocenters. The van der Waals surface area contributed by atoms with Gasteiger partial charge in [0.15, 0.2) is 0 Å². The maximum atomic E-state index is 3.72. The Balaban J connectivity index is 1.98. The van der Waals surface area contributed by atoms with Gasteiger partial charge in [-0.1, -0.05) is 12.2 Å². The molecule has 0 aromatic heterocycles. The fraction of sp³-hybridized carbons (Fsp3) is 0.474. The second kappa shape index (κ2) is 7.71. The Morgan fingerprint density at radius 3 is 1.65 bits per heavy atom. The van der Waals surface area contributed by atoms with E-state index in [1.165, 1.54) is 76.6 Å². The highest BCUT2D eigenvalue weighted by Crippen LogP contribution is 2.42. The van der Waals surface area contributed by atoms with Crippen molar-refractivity contribution in [2.45, 2.75) is 55.2 Å². The van der Waals surface area contributed by atoms with E-state index in [9.17, 15) is 0 Å². The summed E-state index contributed by atoms with van der Waals surface area (Å²) in [6, 6.07) is 2.33. The molecule has 124 valence electrons. The third kappa shape index (κ3) is 3.74. The van der Waals surface area contributed by atoms with E-state index in [2.05, 4.69) is 48.3 Å². The van der Waals surface area contributed by atoms with Gasteiger partial charge >= 0.3 is 0 Å². The molecule has 0 spiro atoms. The highest BCUT2D eigenvalue weighted by atomic mass is 32.2. The molecule has 0 aliphatic heterocycles. The SMILES string of the molecule is CSc1cc(SC)c(NC2=CCCC2)c(C)c1NC1=CCCC1. The normalized spacial score (nSPS) is 17.2. The Morgan fingerprint density at radius 1 is 0.826 bits per heavy atom. The molecule has 0 heterocycles. The molecule has 23 heavy (non-hydrogen) atoms. The molecule has 0 saturated heterocycles. The van der Waals surface area contributed by atoms with E-state index >= 15 is 0 Å². The number of thioether (sulfide) groups is 2. The Hall–Kier alpha value is -1.00. The zero-order valence-corrected chi connectivity index (χ0v) is 15.9. The molecular formula is C19H26N2S2. The van der Waals surface area contributed by atoms with E-state index in [0.717, 1.165) is 0 Å². The molecule has 2 aliphatic rings. The molecule has 4 heteroatoms. The largest absolute Gasteiger partial charge is 0.358 e. The maximum Gasteiger partial charge on any atom is 0.0571 e. The van der Waals surface area contributed by atoms with Crippen LogP contribution in [0.5, 0.6) is 0 Å². The molecule has 1 aromatic rings. The van der Waals surface area contributed by atoms with Crippen molar-refractivity contribution in [3.63, 3.8) is 0 Å². The number of benzene rings is 1. The van der Waals surface area contributed by atoms with Crippen molar-refractivity contribution in [2.75, 3.05) is 23.1 Å². The first kappa shape index (κ1) is 16.8. The minimum Gasteiger partial charge on any atom is -0.358 e. The Labute approximate surface area is 148 Å². The molecule has 2 aliphatic carbocycles. The zero-order chi connectivity index (χ0) is 16.2. The van der Waals surface area contributed by atoms with Crippen molar-refractivity contribution < 1.29 is 0 Å². The van der Waals surface area contributed by atoms with Crippen LogP contribution in [0.1, 0.15) is 44.1 Å². The van der Waals surface area contributed by atoms with E-state index in [1.807, 2.05) is 23.5 Å². The second-order valence-electron chi connectivity index (χ2n) is 6.15. The molecule has 2 nitrogen and oxygen atoms in total. The summed E-state index contributed by atoms with van der Waals surface area (Å²) in [5.41, 5.74) is 6.66. The molecule has 0 bridgehead atoms. The lowest BCUT2D eigenvalue weighted by Gasteiger charge is -2.22. The lowest BCUT2D eigenvalue weighted by molar-refractivity contribution is 0.906. The molecule has 0 amide bonds. The van der Waals surface area contributed by atoms with Crippen LogP contribution in [0.2, 0.25) is 0 Å². The summed E-state index contributed by atoms with van der Waals surface area (Å²) in [6.07, 6.45) is 16.3. The quantitative estimate of drug-likeness (QED) is 0.582. The minimum absolute atomic E-state index is 1.17. The van der Waals surface area contributed by atoms with Gasteiger partial charge in [-0.25, -0.2) is 0 Å². The molecule has 0 fully saturated rings. The predicted octanol–water partition coefficient (Wildman–Crippen LogP) is 6.40. The van der Waals surface area contributed by atoms with Gasteiger partial charge in [-0.3, -0.25) is 0 Å². The fourth-order valence-electron chi connectivity index (χ4n) is 3.28. The number of hydrogen-bond acceptors (Lipinski definition) is 4. The van der Waals surface area contributed by atoms with Crippen molar-refractivity contribution >= 4 is 34.9 Å². The van der Waals surface area contributed by atoms with Crippen molar-refractivity contribution in [3.05, 3.63) is 35.2 Å². The topological polar surface area (TPSA) is 24.1 Å². The summed E-state index contributed by atoms with van der Waals surface area (Å²) in [6.45, 7) is 2.25. The van der Waals surface area contributed by atoms with E-state index in [4.69, 9.17) is 0 Å². The monoisotopic (exact) mass is 346 g/mol. The van der Waals surface area contributed by atoms with Crippen LogP contribution in [0.15, 0.2) is 39.4 Å². The van der Waals surface area contributed by atoms with Gasteiger partial charge < -0.3 is 10.6 Å². The average molecular weight is 347 g/mol. The van der Waals surface area contributed by atoms with Gasteiger partial charge in [0, 0.05) is 21.2 Å². The Morgan fingerprint density at radius 2 is 1.30 bits per heavy atom. The maximum absolute atomic E-state index is 3.72. The van der Waals surface area contributed by atoms with Crippen LogP contribution in [-0.4, -0.2) is 12.5 Å². The van der Waals surface area contributed by atoms with Crippen molar-refractivity contribution in [2.24, 2.45) is 0 Å². The molecule has 2 N–H and O–H groups in total. The lowest BCUT2D eigenvalue weighted by Crippen LogP contribution is -2.06. The van der Waals surface area contributed by atoms with E-state index in [-0.39, 0.29) is 0 Å². The first-order chi connectivity index (χ1) is 11.2. The van der Waals surface area contributed by atoms with Gasteiger partial charge in [0.2, 0.25) is 0 Å². The first-order valence-corrected chi connectivity index (χ1v) is 10.9. The smallest absolute Gasteiger partial charge is 0.0571 e. The van der Waals surface area contributed by atoms with Crippen LogP contribution in [0, 0.1) is 6.92 Å². The van der Waals surface area contributed by atoms with Gasteiger partial charge in [-0.15, -0.1) is 23.5 Å². The first-order valence-electron chi connectivity index (χ1n) is 8.40. The Kier molecular flexibility index (Phi) is 5.65. The lowest BCUT2D eigenvalue weighted by atomic mass is 10.1. The minimum atomic E-state index is 1.17. The van der Waals surface area contributed by atoms with Gasteiger partial charge in [0.25, 0.3) is 0 Å². The molecule has 0 atom stereocenters. The van der Waals surface area contributed by atoms with Gasteiger partial charge in [0.05, 0.1) is 11.4 Å². The van der Waals surface area contributed by atoms with Crippen LogP contribution in [-0.2, 0) is 0 Å². The van der Waals surface area contributed by atoms with Crippen molar-refractivity contribution in [3.8, 4) is 0 Å². The Bertz CT molecular complexity index is 595. The second-order valence-corrected chi connectivity index (χ2v) is 7.85. The molecule has 1 aromatic carbocycles. The molecule has 0 radical (unpaired) electrons. The van der Waals surface area contributed by atoms with Gasteiger partial charge in [0.1, 0.15) is 0 Å². The van der Waals surface area contributed by atoms with Crippen LogP contribution in [0.4, 0.5) is 11.4 Å². The van der Waals surface area contributed by atoms with Gasteiger partial charge in [-0.05, 0) is 69.6 Å². The molecule has 3 rings (SSSR count). The number of anilines is 2. The summed E-state index contributed by atoms with van der Waals surface area (Å²) < 4.78 is 0. The summed E-state index contributed by atoms with van der Waals surface area (Å²) in [7, 11) is 0. The zero-order valence-electron chi connectivity index (χ0n) is 14.3. The summed E-state index contributed by atoms with van der Waals surface area (Å²) in [4.78, 5) is 2.68. The van der Waals surface area contributed by atoms with Crippen LogP contribution in [0.25, 0.3) is 0 Å². The summed E-state index contributed by atoms with van der Waals surface area (Å²) >= 11 is 3.66. The standard InChI is InChI=1S/C19H26N2S2/c1-13-18(20-14-8-4-5-9-14)16(22-2)12-17(23-3)19(13)21-15-10-6-7-11-15/h8,10,12,20-21H,4-7,9,11H2,1-3H3. The predicted molar refractivity (Wildman–Crippen MR) is 106 cm³/mol. The highest BCUT2D eigenvalue weighted by molar-refractivity contribution is 7.99. The number of allylic oxidation sites excluding steroid dienone is 4.